The average Bonchev–Trinajstić information content (AvgIpc) is 0.763. The van der Waals surface area contributed by atoms with Crippen LogP contribution in [0.15, 0.2) is 12.2 Å². The molecule has 2 aliphatic heterocycles. The molecule has 0 spiro atoms. The number of allylic oxidation sites excluding steroid dienone is 2. The molecule has 18 unspecified atom stereocenters. The number of hydrogen-bond donors (Lipinski definition) is 11. The number of unbranched alkanes of at least 4 members (excludes halogenated alkanes) is 35. The Labute approximate surface area is 573 Å². The average molecular weight is 1400 g/mol. The maximum absolute atomic E-state index is 14.3. The molecule has 0 radical (unpaired) electrons. The van der Waals surface area contributed by atoms with E-state index >= 15 is 0 Å². The Hall–Kier alpha value is -2.30. The molecule has 3 fully saturated rings. The largest absolute Gasteiger partial charge is 0.472 e. The predicted octanol–water partition coefficient (Wildman–Crippen LogP) is 9.96. The Kier molecular flexibility index (Phi) is 49.0. The van der Waals surface area contributed by atoms with Crippen LogP contribution in [0.1, 0.15) is 290 Å². The van der Waals surface area contributed by atoms with Crippen LogP contribution >= 0.6 is 7.82 Å². The van der Waals surface area contributed by atoms with Gasteiger partial charge in [-0.15, -0.1) is 0 Å². The van der Waals surface area contributed by atoms with E-state index in [9.17, 15) is 74.9 Å². The number of ether oxygens (including phenoxy) is 7. The summed E-state index contributed by atoms with van der Waals surface area (Å²) in [6.07, 6.45) is 11.5. The molecule has 0 bridgehead atoms. The first kappa shape index (κ1) is 87.9. The summed E-state index contributed by atoms with van der Waals surface area (Å²) in [4.78, 5) is 50.9. The van der Waals surface area contributed by atoms with Gasteiger partial charge in [-0.2, -0.15) is 0 Å². The van der Waals surface area contributed by atoms with Crippen LogP contribution in [0.4, 0.5) is 0 Å². The molecule has 0 aromatic rings. The number of phosphoric acid groups is 1. The van der Waals surface area contributed by atoms with E-state index in [1.807, 2.05) is 0 Å². The highest BCUT2D eigenvalue weighted by Crippen LogP contribution is 2.49. The van der Waals surface area contributed by atoms with Crippen LogP contribution in [0.5, 0.6) is 0 Å². The number of aliphatic hydroxyl groups excluding tert-OH is 10. The Morgan fingerprint density at radius 3 is 1.14 bits per heavy atom. The summed E-state index contributed by atoms with van der Waals surface area (Å²) >= 11 is 0. The lowest BCUT2D eigenvalue weighted by molar-refractivity contribution is -0.360. The van der Waals surface area contributed by atoms with Gasteiger partial charge in [-0.1, -0.05) is 238 Å². The molecule has 18 atom stereocenters. The van der Waals surface area contributed by atoms with Crippen molar-refractivity contribution in [2.75, 3.05) is 26.4 Å². The third-order valence-electron chi connectivity index (χ3n) is 18.5. The highest BCUT2D eigenvalue weighted by molar-refractivity contribution is 7.47. The molecule has 2 saturated heterocycles. The summed E-state index contributed by atoms with van der Waals surface area (Å²) in [6, 6.07) is 0. The van der Waals surface area contributed by atoms with E-state index in [1.165, 1.54) is 135 Å². The van der Waals surface area contributed by atoms with Crippen molar-refractivity contribution >= 4 is 25.7 Å². The lowest BCUT2D eigenvalue weighted by Gasteiger charge is -2.49. The molecule has 0 amide bonds. The van der Waals surface area contributed by atoms with E-state index in [0.717, 1.165) is 89.9 Å². The van der Waals surface area contributed by atoms with Crippen molar-refractivity contribution in [3.05, 3.63) is 12.2 Å². The van der Waals surface area contributed by atoms with Gasteiger partial charge in [0.1, 0.15) is 98.7 Å². The lowest BCUT2D eigenvalue weighted by atomic mass is 9.84. The van der Waals surface area contributed by atoms with Gasteiger partial charge in [0.25, 0.3) is 0 Å². The number of phosphoric ester groups is 1. The molecule has 564 valence electrons. The minimum absolute atomic E-state index is 0.0322. The zero-order chi connectivity index (χ0) is 70.4. The van der Waals surface area contributed by atoms with Gasteiger partial charge in [-0.3, -0.25) is 23.4 Å². The number of hydrogen-bond acceptors (Lipinski definition) is 23. The number of carbonyl (C=O) groups is 3. The molecule has 3 rings (SSSR count). The highest BCUT2D eigenvalue weighted by Gasteiger charge is 2.58. The topological polar surface area (TPSA) is 374 Å². The second-order valence-electron chi connectivity index (χ2n) is 27.0. The van der Waals surface area contributed by atoms with Crippen molar-refractivity contribution in [1.29, 1.82) is 0 Å². The zero-order valence-corrected chi connectivity index (χ0v) is 59.6. The molecule has 0 aromatic carbocycles. The minimum Gasteiger partial charge on any atom is -0.463 e. The van der Waals surface area contributed by atoms with E-state index in [4.69, 9.17) is 42.2 Å². The molecule has 25 heteroatoms. The molecule has 24 nitrogen and oxygen atoms in total. The first-order chi connectivity index (χ1) is 46.3. The fourth-order valence-electron chi connectivity index (χ4n) is 12.4. The second kappa shape index (κ2) is 53.5. The van der Waals surface area contributed by atoms with Gasteiger partial charge in [0.2, 0.25) is 0 Å². The first-order valence-corrected chi connectivity index (χ1v) is 39.0. The standard InChI is InChI=1S/C71H131O24P/c1-4-7-10-13-16-19-22-25-26-27-29-31-34-37-40-43-46-56(74)88-51-54-59(77)61(79)66(84)71(92-54)94-68-64(82)62(80)63(81)67(93-70-65(83)60(78)58(76)53(48-72)91-70)69(68)95-96(85,86)89-50-52(49-87-55(73)45-42-39-36-33-30-24-21-18-15-12-9-6-3)90-57(75)47-44-41-38-35-32-28-23-20-17-14-11-8-5-2/h28,32,52-54,58-72,76-84H,4-27,29-31,33-51H2,1-3H3,(H,85,86)/b32-28-. The van der Waals surface area contributed by atoms with Crippen LogP contribution in [0.2, 0.25) is 0 Å². The van der Waals surface area contributed by atoms with E-state index in [0.29, 0.717) is 25.7 Å². The fourth-order valence-corrected chi connectivity index (χ4v) is 13.4. The van der Waals surface area contributed by atoms with E-state index in [1.54, 1.807) is 0 Å². The monoisotopic (exact) mass is 1400 g/mol. The quantitative estimate of drug-likeness (QED) is 0.00886. The normalized spacial score (nSPS) is 28.0. The maximum Gasteiger partial charge on any atom is 0.472 e. The van der Waals surface area contributed by atoms with E-state index < -0.39 is 156 Å². The molecule has 1 aliphatic carbocycles. The first-order valence-electron chi connectivity index (χ1n) is 37.5. The van der Waals surface area contributed by atoms with Gasteiger partial charge in [-0.25, -0.2) is 4.57 Å². The van der Waals surface area contributed by atoms with Crippen LogP contribution in [0, 0.1) is 0 Å². The molecule has 96 heavy (non-hydrogen) atoms. The molecule has 3 aliphatic rings. The van der Waals surface area contributed by atoms with Gasteiger partial charge in [0, 0.05) is 19.3 Å². The van der Waals surface area contributed by atoms with E-state index in [2.05, 4.69) is 32.9 Å². The number of esters is 3. The van der Waals surface area contributed by atoms with Gasteiger partial charge in [0.05, 0.1) is 13.2 Å². The molecule has 1 saturated carbocycles. The van der Waals surface area contributed by atoms with Gasteiger partial charge in [-0.05, 0) is 44.9 Å². The second-order valence-corrected chi connectivity index (χ2v) is 28.4. The molecule has 2 heterocycles. The number of aliphatic hydroxyl groups is 10. The van der Waals surface area contributed by atoms with Crippen molar-refractivity contribution < 1.29 is 117 Å². The third kappa shape index (κ3) is 36.5. The summed E-state index contributed by atoms with van der Waals surface area (Å²) in [5.74, 6) is -2.00. The van der Waals surface area contributed by atoms with Crippen LogP contribution in [-0.4, -0.2) is 204 Å². The molecule has 11 N–H and O–H groups in total. The van der Waals surface area contributed by atoms with Crippen LogP contribution in [0.25, 0.3) is 0 Å². The summed E-state index contributed by atoms with van der Waals surface area (Å²) in [6.45, 7) is 3.42. The van der Waals surface area contributed by atoms with Crippen LogP contribution in [-0.2, 0) is 61.2 Å². The smallest absolute Gasteiger partial charge is 0.463 e. The van der Waals surface area contributed by atoms with Crippen molar-refractivity contribution in [2.24, 2.45) is 0 Å². The minimum atomic E-state index is -5.69. The van der Waals surface area contributed by atoms with Crippen molar-refractivity contribution in [3.8, 4) is 0 Å². The molecular weight excluding hydrogens is 1270 g/mol. The van der Waals surface area contributed by atoms with Crippen LogP contribution in [0.3, 0.4) is 0 Å². The maximum atomic E-state index is 14.3. The highest BCUT2D eigenvalue weighted by atomic mass is 31.2. The Morgan fingerprint density at radius 2 is 0.729 bits per heavy atom. The fraction of sp³-hybridized carbons (Fsp3) is 0.930. The van der Waals surface area contributed by atoms with Crippen molar-refractivity contribution in [3.63, 3.8) is 0 Å². The van der Waals surface area contributed by atoms with Gasteiger partial charge >= 0.3 is 25.7 Å². The number of rotatable bonds is 58. The van der Waals surface area contributed by atoms with Crippen LogP contribution < -0.4 is 0 Å². The van der Waals surface area contributed by atoms with E-state index in [-0.39, 0.29) is 19.3 Å². The lowest BCUT2D eigenvalue weighted by Crippen LogP contribution is -2.69. The van der Waals surface area contributed by atoms with Crippen molar-refractivity contribution in [2.45, 2.75) is 395 Å². The summed E-state index contributed by atoms with van der Waals surface area (Å²) < 4.78 is 64.9. The Morgan fingerprint density at radius 1 is 0.396 bits per heavy atom. The predicted molar refractivity (Wildman–Crippen MR) is 361 cm³/mol. The van der Waals surface area contributed by atoms with Crippen molar-refractivity contribution in [1.82, 2.24) is 0 Å². The van der Waals surface area contributed by atoms with Gasteiger partial charge < -0.3 is 89.1 Å². The SMILES string of the molecule is CCCCCCCC/C=C\CCCCCC(=O)OC(COC(=O)CCCCCCCCCCCCCC)COP(=O)(O)OC1C(OC2OC(CO)C(O)C(O)C2O)C(O)C(O)C(O)C1OC1OC(COC(=O)CCCCCCCCCCCCCCCCCC)C(O)C(O)C1O. The Balaban J connectivity index is 1.73. The van der Waals surface area contributed by atoms with Gasteiger partial charge in [0.15, 0.2) is 18.7 Å². The zero-order valence-electron chi connectivity index (χ0n) is 58.7. The summed E-state index contributed by atoms with van der Waals surface area (Å²) in [7, 11) is -5.69. The molecule has 0 aromatic heterocycles. The summed E-state index contributed by atoms with van der Waals surface area (Å²) in [5, 5.41) is 110. The Bertz CT molecular complexity index is 2040. The summed E-state index contributed by atoms with van der Waals surface area (Å²) in [5.41, 5.74) is 0. The molecular formula is C71H131O24P. The third-order valence-corrected chi connectivity index (χ3v) is 19.5. The number of carbonyl (C=O) groups excluding carboxylic acids is 3.